The van der Waals surface area contributed by atoms with Gasteiger partial charge in [0.2, 0.25) is 0 Å². The van der Waals surface area contributed by atoms with Crippen LogP contribution in [0.1, 0.15) is 15.9 Å². The van der Waals surface area contributed by atoms with E-state index in [1.54, 1.807) is 12.1 Å². The number of halogens is 3. The van der Waals surface area contributed by atoms with Gasteiger partial charge in [0.15, 0.2) is 11.6 Å². The minimum absolute atomic E-state index is 0.0176. The van der Waals surface area contributed by atoms with Crippen LogP contribution < -0.4 is 4.90 Å². The van der Waals surface area contributed by atoms with Crippen LogP contribution in [0.15, 0.2) is 40.9 Å². The highest BCUT2D eigenvalue weighted by atomic mass is 79.9. The highest BCUT2D eigenvalue weighted by Gasteiger charge is 2.36. The number of benzene rings is 2. The molecule has 0 spiro atoms. The van der Waals surface area contributed by atoms with Crippen molar-refractivity contribution in [2.75, 3.05) is 4.90 Å². The number of Topliss-reactive ketones (excluding diaryl/α,β-unsaturated/α-hetero) is 1. The van der Waals surface area contributed by atoms with Crippen molar-refractivity contribution in [2.45, 2.75) is 6.54 Å². The van der Waals surface area contributed by atoms with Crippen molar-refractivity contribution in [3.05, 3.63) is 63.6 Å². The van der Waals surface area contributed by atoms with E-state index in [-0.39, 0.29) is 17.7 Å². The predicted molar refractivity (Wildman–Crippen MR) is 76.0 cm³/mol. The van der Waals surface area contributed by atoms with Gasteiger partial charge in [-0.15, -0.1) is 0 Å². The Morgan fingerprint density at radius 3 is 2.62 bits per heavy atom. The summed E-state index contributed by atoms with van der Waals surface area (Å²) in [6.45, 7) is -0.197. The molecule has 0 fully saturated rings. The van der Waals surface area contributed by atoms with Crippen LogP contribution in [0.5, 0.6) is 0 Å². The van der Waals surface area contributed by atoms with E-state index in [2.05, 4.69) is 15.9 Å². The lowest BCUT2D eigenvalue weighted by molar-refractivity contribution is -0.114. The van der Waals surface area contributed by atoms with E-state index in [0.717, 1.165) is 11.0 Å². The summed E-state index contributed by atoms with van der Waals surface area (Å²) in [5.41, 5.74) is 0.673. The van der Waals surface area contributed by atoms with Gasteiger partial charge in [-0.05, 0) is 24.3 Å². The molecule has 1 aliphatic heterocycles. The summed E-state index contributed by atoms with van der Waals surface area (Å²) in [5.74, 6) is -3.39. The Morgan fingerprint density at radius 1 is 1.10 bits per heavy atom. The maximum absolute atomic E-state index is 13.7. The van der Waals surface area contributed by atoms with Crippen LogP contribution >= 0.6 is 15.9 Å². The molecule has 2 aromatic rings. The number of ketones is 1. The van der Waals surface area contributed by atoms with Gasteiger partial charge in [-0.3, -0.25) is 9.59 Å². The van der Waals surface area contributed by atoms with Crippen LogP contribution in [0.25, 0.3) is 0 Å². The molecule has 1 amide bonds. The van der Waals surface area contributed by atoms with Gasteiger partial charge in [-0.2, -0.15) is 0 Å². The third kappa shape index (κ3) is 2.25. The van der Waals surface area contributed by atoms with Crippen LogP contribution in [0.3, 0.4) is 0 Å². The van der Waals surface area contributed by atoms with Gasteiger partial charge < -0.3 is 4.90 Å². The number of anilines is 1. The Labute approximate surface area is 127 Å². The Balaban J connectivity index is 2.04. The van der Waals surface area contributed by atoms with Crippen molar-refractivity contribution in [3.8, 4) is 0 Å². The lowest BCUT2D eigenvalue weighted by atomic mass is 10.1. The van der Waals surface area contributed by atoms with Crippen molar-refractivity contribution < 1.29 is 18.4 Å². The van der Waals surface area contributed by atoms with E-state index >= 15 is 0 Å². The van der Waals surface area contributed by atoms with E-state index in [9.17, 15) is 18.4 Å². The molecule has 21 heavy (non-hydrogen) atoms. The number of amides is 1. The van der Waals surface area contributed by atoms with Crippen LogP contribution in [0, 0.1) is 11.6 Å². The molecule has 0 saturated carbocycles. The third-order valence-electron chi connectivity index (χ3n) is 3.29. The lowest BCUT2D eigenvalue weighted by Gasteiger charge is -2.17. The highest BCUT2D eigenvalue weighted by Crippen LogP contribution is 2.33. The smallest absolute Gasteiger partial charge is 0.299 e. The number of fused-ring (bicyclic) bond motifs is 1. The Kier molecular flexibility index (Phi) is 3.33. The Hall–Kier alpha value is -2.08. The Bertz CT molecular complexity index is 776. The average Bonchev–Trinajstić information content (AvgIpc) is 2.68. The number of nitrogens with zero attached hydrogens (tertiary/aromatic N) is 1. The van der Waals surface area contributed by atoms with E-state index in [1.807, 2.05) is 0 Å². The molecule has 0 atom stereocenters. The van der Waals surface area contributed by atoms with Crippen LogP contribution in [0.2, 0.25) is 0 Å². The molecule has 2 aromatic carbocycles. The summed E-state index contributed by atoms with van der Waals surface area (Å²) in [6.07, 6.45) is 0. The molecule has 3 rings (SSSR count). The maximum atomic E-state index is 13.7. The number of hydrogen-bond acceptors (Lipinski definition) is 2. The van der Waals surface area contributed by atoms with Gasteiger partial charge in [-0.25, -0.2) is 8.78 Å². The minimum Gasteiger partial charge on any atom is -0.300 e. The molecule has 6 heteroatoms. The van der Waals surface area contributed by atoms with Crippen LogP contribution in [-0.2, 0) is 11.3 Å². The summed E-state index contributed by atoms with van der Waals surface area (Å²) in [7, 11) is 0. The second-order valence-corrected chi connectivity index (χ2v) is 5.51. The monoisotopic (exact) mass is 351 g/mol. The molecule has 3 nitrogen and oxygen atoms in total. The zero-order chi connectivity index (χ0) is 15.1. The van der Waals surface area contributed by atoms with Gasteiger partial charge in [0.25, 0.3) is 11.7 Å². The maximum Gasteiger partial charge on any atom is 0.299 e. The standard InChI is InChI=1S/C15H8BrF2NO2/c16-9-4-5-10-12(6-9)19(15(21)14(10)20)7-8-2-1-3-11(17)13(8)18/h1-6H,7H2. The fraction of sp³-hybridized carbons (Fsp3) is 0.0667. The lowest BCUT2D eigenvalue weighted by Crippen LogP contribution is -2.29. The fourth-order valence-electron chi connectivity index (χ4n) is 2.27. The first kappa shape index (κ1) is 13.9. The first-order chi connectivity index (χ1) is 9.99. The molecule has 0 unspecified atom stereocenters. The first-order valence-corrected chi connectivity index (χ1v) is 6.87. The molecule has 1 heterocycles. The zero-order valence-electron chi connectivity index (χ0n) is 10.6. The van der Waals surface area contributed by atoms with Crippen molar-refractivity contribution in [1.82, 2.24) is 0 Å². The van der Waals surface area contributed by atoms with Gasteiger partial charge >= 0.3 is 0 Å². The molecule has 0 N–H and O–H groups in total. The van der Waals surface area contributed by atoms with E-state index in [0.29, 0.717) is 10.2 Å². The summed E-state index contributed by atoms with van der Waals surface area (Å²) in [6, 6.07) is 8.53. The number of carbonyl (C=O) groups is 2. The van der Waals surface area contributed by atoms with Crippen molar-refractivity contribution in [1.29, 1.82) is 0 Å². The second-order valence-electron chi connectivity index (χ2n) is 4.59. The van der Waals surface area contributed by atoms with Crippen LogP contribution in [-0.4, -0.2) is 11.7 Å². The molecular formula is C15H8BrF2NO2. The molecule has 0 radical (unpaired) electrons. The number of rotatable bonds is 2. The van der Waals surface area contributed by atoms with Crippen LogP contribution in [0.4, 0.5) is 14.5 Å². The fourth-order valence-corrected chi connectivity index (χ4v) is 2.61. The normalized spacial score (nSPS) is 13.8. The van der Waals surface area contributed by atoms with Crippen molar-refractivity contribution >= 4 is 33.3 Å². The van der Waals surface area contributed by atoms with Gasteiger partial charge in [0, 0.05) is 10.0 Å². The molecule has 0 bridgehead atoms. The van der Waals surface area contributed by atoms with E-state index in [4.69, 9.17) is 0 Å². The van der Waals surface area contributed by atoms with Gasteiger partial charge in [0.1, 0.15) is 0 Å². The zero-order valence-corrected chi connectivity index (χ0v) is 12.2. The van der Waals surface area contributed by atoms with E-state index in [1.165, 1.54) is 18.2 Å². The topological polar surface area (TPSA) is 37.4 Å². The molecule has 0 aromatic heterocycles. The first-order valence-electron chi connectivity index (χ1n) is 6.07. The summed E-state index contributed by atoms with van der Waals surface area (Å²) >= 11 is 3.26. The van der Waals surface area contributed by atoms with Gasteiger partial charge in [-0.1, -0.05) is 28.1 Å². The predicted octanol–water partition coefficient (Wildman–Crippen LogP) is 3.46. The molecule has 0 saturated heterocycles. The average molecular weight is 352 g/mol. The largest absolute Gasteiger partial charge is 0.300 e. The number of hydrogen-bond donors (Lipinski definition) is 0. The second kappa shape index (κ2) is 5.04. The number of carbonyl (C=O) groups excluding carboxylic acids is 2. The molecule has 0 aliphatic carbocycles. The quantitative estimate of drug-likeness (QED) is 0.777. The summed E-state index contributed by atoms with van der Waals surface area (Å²) in [5, 5.41) is 0. The van der Waals surface area contributed by atoms with Crippen molar-refractivity contribution in [3.63, 3.8) is 0 Å². The van der Waals surface area contributed by atoms with E-state index < -0.39 is 23.3 Å². The highest BCUT2D eigenvalue weighted by molar-refractivity contribution is 9.10. The summed E-state index contributed by atoms with van der Waals surface area (Å²) < 4.78 is 27.6. The minimum atomic E-state index is -1.01. The summed E-state index contributed by atoms with van der Waals surface area (Å²) in [4.78, 5) is 25.1. The Morgan fingerprint density at radius 2 is 1.86 bits per heavy atom. The third-order valence-corrected chi connectivity index (χ3v) is 3.79. The molecule has 1 aliphatic rings. The van der Waals surface area contributed by atoms with Crippen molar-refractivity contribution in [2.24, 2.45) is 0 Å². The van der Waals surface area contributed by atoms with Gasteiger partial charge in [0.05, 0.1) is 17.8 Å². The molecular weight excluding hydrogens is 344 g/mol. The molecule has 106 valence electrons. The SMILES string of the molecule is O=C1C(=O)N(Cc2cccc(F)c2F)c2cc(Br)ccc21.